The third-order valence-electron chi connectivity index (χ3n) is 3.75. The second-order valence-corrected chi connectivity index (χ2v) is 5.04. The molecule has 2 N–H and O–H groups in total. The molecule has 0 fully saturated rings. The Balaban J connectivity index is 2.64. The molecule has 0 bridgehead atoms. The molecule has 0 heterocycles. The molecule has 1 aliphatic rings. The molecule has 0 aromatic heterocycles. The molecule has 116 valence electrons. The minimum Gasteiger partial charge on any atom is -0.481 e. The summed E-state index contributed by atoms with van der Waals surface area (Å²) in [6.45, 7) is 3.44. The molecule has 0 aromatic carbocycles. The van der Waals surface area contributed by atoms with Crippen molar-refractivity contribution < 1.29 is 29.3 Å². The largest absolute Gasteiger partial charge is 0.481 e. The minimum atomic E-state index is -1.37. The van der Waals surface area contributed by atoms with E-state index in [0.29, 0.717) is 25.7 Å². The molecule has 1 aliphatic carbocycles. The zero-order valence-corrected chi connectivity index (χ0v) is 11.8. The number of hydrogen-bond acceptors (Lipinski definition) is 4. The van der Waals surface area contributed by atoms with Crippen LogP contribution in [0, 0.1) is 11.3 Å². The quantitative estimate of drug-likeness (QED) is 0.307. The maximum absolute atomic E-state index is 11.6. The van der Waals surface area contributed by atoms with Crippen LogP contribution in [0.1, 0.15) is 32.1 Å². The summed E-state index contributed by atoms with van der Waals surface area (Å²) in [6, 6.07) is 0. The first kappa shape index (κ1) is 16.9. The smallest absolute Gasteiger partial charge is 0.330 e. The summed E-state index contributed by atoms with van der Waals surface area (Å²) >= 11 is 0. The molecule has 2 atom stereocenters. The summed E-state index contributed by atoms with van der Waals surface area (Å²) in [7, 11) is 0. The number of esters is 1. The van der Waals surface area contributed by atoms with Crippen LogP contribution in [0.5, 0.6) is 0 Å². The number of unbranched alkanes of at least 4 members (excludes halogenated alkanes) is 1. The van der Waals surface area contributed by atoms with E-state index < -0.39 is 29.2 Å². The van der Waals surface area contributed by atoms with Gasteiger partial charge in [0.05, 0.1) is 17.9 Å². The molecule has 0 radical (unpaired) electrons. The van der Waals surface area contributed by atoms with Crippen molar-refractivity contribution in [2.45, 2.75) is 32.1 Å². The van der Waals surface area contributed by atoms with Crippen LogP contribution in [0.3, 0.4) is 0 Å². The predicted octanol–water partition coefficient (Wildman–Crippen LogP) is 2.01. The molecule has 1 rings (SSSR count). The molecule has 6 heteroatoms. The predicted molar refractivity (Wildman–Crippen MR) is 74.6 cm³/mol. The molecule has 6 nitrogen and oxygen atoms in total. The number of carbonyl (C=O) groups excluding carboxylic acids is 1. The average molecular weight is 296 g/mol. The van der Waals surface area contributed by atoms with Crippen molar-refractivity contribution >= 4 is 17.9 Å². The Kier molecular flexibility index (Phi) is 6.14. The highest BCUT2D eigenvalue weighted by molar-refractivity contribution is 5.85. The number of hydrogen-bond donors (Lipinski definition) is 2. The van der Waals surface area contributed by atoms with Crippen LogP contribution in [0.4, 0.5) is 0 Å². The zero-order chi connectivity index (χ0) is 15.9. The van der Waals surface area contributed by atoms with Crippen LogP contribution in [0.25, 0.3) is 0 Å². The Morgan fingerprint density at radius 2 is 2.05 bits per heavy atom. The normalized spacial score (nSPS) is 24.3. The van der Waals surface area contributed by atoms with Crippen LogP contribution in [0.2, 0.25) is 0 Å². The maximum atomic E-state index is 11.6. The number of allylic oxidation sites excluding steroid dienone is 1. The van der Waals surface area contributed by atoms with Gasteiger partial charge in [-0.2, -0.15) is 0 Å². The van der Waals surface area contributed by atoms with Crippen LogP contribution in [-0.2, 0) is 19.1 Å². The lowest BCUT2D eigenvalue weighted by Crippen LogP contribution is -2.42. The lowest BCUT2D eigenvalue weighted by Gasteiger charge is -2.34. The van der Waals surface area contributed by atoms with Gasteiger partial charge in [-0.1, -0.05) is 18.7 Å². The van der Waals surface area contributed by atoms with E-state index in [1.807, 2.05) is 0 Å². The summed E-state index contributed by atoms with van der Waals surface area (Å²) in [6.07, 6.45) is 6.34. The monoisotopic (exact) mass is 296 g/mol. The van der Waals surface area contributed by atoms with Gasteiger partial charge in [-0.25, -0.2) is 4.79 Å². The molecular formula is C15H20O6. The third-order valence-corrected chi connectivity index (χ3v) is 3.75. The van der Waals surface area contributed by atoms with E-state index in [-0.39, 0.29) is 13.0 Å². The van der Waals surface area contributed by atoms with Gasteiger partial charge >= 0.3 is 17.9 Å². The molecule has 21 heavy (non-hydrogen) atoms. The summed E-state index contributed by atoms with van der Waals surface area (Å²) in [5.74, 6) is -3.64. The Hall–Kier alpha value is -2.11. The van der Waals surface area contributed by atoms with E-state index in [1.165, 1.54) is 6.08 Å². The fraction of sp³-hybridized carbons (Fsp3) is 0.533. The lowest BCUT2D eigenvalue weighted by molar-refractivity contribution is -0.160. The van der Waals surface area contributed by atoms with E-state index in [2.05, 4.69) is 6.58 Å². The number of aliphatic carboxylic acids is 2. The van der Waals surface area contributed by atoms with E-state index in [9.17, 15) is 24.6 Å². The number of carboxylic acid groups (broad SMARTS) is 2. The minimum absolute atomic E-state index is 0.169. The summed E-state index contributed by atoms with van der Waals surface area (Å²) < 4.78 is 4.81. The average Bonchev–Trinajstić information content (AvgIpc) is 2.46. The van der Waals surface area contributed by atoms with Gasteiger partial charge in [0.2, 0.25) is 0 Å². The van der Waals surface area contributed by atoms with E-state index in [0.717, 1.165) is 6.08 Å². The highest BCUT2D eigenvalue weighted by Crippen LogP contribution is 2.41. The van der Waals surface area contributed by atoms with E-state index in [4.69, 9.17) is 4.74 Å². The van der Waals surface area contributed by atoms with Crippen LogP contribution in [-0.4, -0.2) is 34.7 Å². The summed E-state index contributed by atoms with van der Waals surface area (Å²) in [5, 5.41) is 18.7. The highest BCUT2D eigenvalue weighted by atomic mass is 16.5. The Morgan fingerprint density at radius 1 is 1.33 bits per heavy atom. The van der Waals surface area contributed by atoms with Gasteiger partial charge in [0.15, 0.2) is 0 Å². The Morgan fingerprint density at radius 3 is 2.62 bits per heavy atom. The van der Waals surface area contributed by atoms with Gasteiger partial charge in [0.1, 0.15) is 0 Å². The lowest BCUT2D eigenvalue weighted by atomic mass is 9.67. The molecule has 0 amide bonds. The molecule has 2 unspecified atom stereocenters. The van der Waals surface area contributed by atoms with Gasteiger partial charge < -0.3 is 14.9 Å². The molecule has 0 aromatic rings. The second kappa shape index (κ2) is 7.61. The number of carbonyl (C=O) groups is 3. The SMILES string of the molecule is C=CC(=O)OCCCCC1(C(=O)O)C=CCCC1C(=O)O. The van der Waals surface area contributed by atoms with Crippen molar-refractivity contribution in [2.75, 3.05) is 6.61 Å². The molecule has 0 saturated carbocycles. The number of rotatable bonds is 8. The topological polar surface area (TPSA) is 101 Å². The summed E-state index contributed by atoms with van der Waals surface area (Å²) in [4.78, 5) is 33.8. The van der Waals surface area contributed by atoms with Gasteiger partial charge in [-0.3, -0.25) is 9.59 Å². The first-order valence-electron chi connectivity index (χ1n) is 6.87. The van der Waals surface area contributed by atoms with Crippen molar-refractivity contribution in [2.24, 2.45) is 11.3 Å². The van der Waals surface area contributed by atoms with Gasteiger partial charge in [-0.15, -0.1) is 0 Å². The van der Waals surface area contributed by atoms with Gasteiger partial charge in [0.25, 0.3) is 0 Å². The first-order chi connectivity index (χ1) is 9.94. The molecule has 0 aliphatic heterocycles. The number of ether oxygens (including phenoxy) is 1. The molecule has 0 spiro atoms. The van der Waals surface area contributed by atoms with Gasteiger partial charge in [0, 0.05) is 6.08 Å². The number of carboxylic acids is 2. The molecule has 0 saturated heterocycles. The molecular weight excluding hydrogens is 276 g/mol. The highest BCUT2D eigenvalue weighted by Gasteiger charge is 2.48. The Bertz CT molecular complexity index is 453. The van der Waals surface area contributed by atoms with Crippen molar-refractivity contribution in [3.8, 4) is 0 Å². The van der Waals surface area contributed by atoms with Crippen LogP contribution >= 0.6 is 0 Å². The van der Waals surface area contributed by atoms with Crippen LogP contribution < -0.4 is 0 Å². The van der Waals surface area contributed by atoms with Crippen molar-refractivity contribution in [3.63, 3.8) is 0 Å². The maximum Gasteiger partial charge on any atom is 0.330 e. The fourth-order valence-corrected chi connectivity index (χ4v) is 2.61. The van der Waals surface area contributed by atoms with Crippen molar-refractivity contribution in [1.82, 2.24) is 0 Å². The van der Waals surface area contributed by atoms with E-state index >= 15 is 0 Å². The van der Waals surface area contributed by atoms with Gasteiger partial charge in [-0.05, 0) is 32.1 Å². The standard InChI is InChI=1S/C15H20O6/c1-2-12(16)21-10-6-5-9-15(14(19)20)8-4-3-7-11(15)13(17)18/h2,4,8,11H,1,3,5-7,9-10H2,(H,17,18)(H,19,20). The van der Waals surface area contributed by atoms with E-state index in [1.54, 1.807) is 6.08 Å². The first-order valence-corrected chi connectivity index (χ1v) is 6.87. The summed E-state index contributed by atoms with van der Waals surface area (Å²) in [5.41, 5.74) is -1.37. The Labute approximate surface area is 123 Å². The van der Waals surface area contributed by atoms with Crippen molar-refractivity contribution in [3.05, 3.63) is 24.8 Å². The van der Waals surface area contributed by atoms with Crippen molar-refractivity contribution in [1.29, 1.82) is 0 Å². The zero-order valence-electron chi connectivity index (χ0n) is 11.8. The third kappa shape index (κ3) is 4.18. The second-order valence-electron chi connectivity index (χ2n) is 5.04. The van der Waals surface area contributed by atoms with Crippen LogP contribution in [0.15, 0.2) is 24.8 Å². The fourth-order valence-electron chi connectivity index (χ4n) is 2.61.